The number of anilines is 2. The summed E-state index contributed by atoms with van der Waals surface area (Å²) in [5.74, 6) is 0.277. The molecule has 2 rings (SSSR count). The van der Waals surface area contributed by atoms with E-state index in [4.69, 9.17) is 4.74 Å². The molecule has 0 aromatic heterocycles. The van der Waals surface area contributed by atoms with Crippen molar-refractivity contribution in [1.29, 1.82) is 0 Å². The SMILES string of the molecule is COc1ccc(NS(=O)(=O)c2ccc(C)cc2)cc1NS(C)(=O)=O. The van der Waals surface area contributed by atoms with Gasteiger partial charge in [0.15, 0.2) is 0 Å². The van der Waals surface area contributed by atoms with Crippen LogP contribution in [0.2, 0.25) is 0 Å². The van der Waals surface area contributed by atoms with E-state index in [9.17, 15) is 16.8 Å². The molecular weight excluding hydrogens is 352 g/mol. The van der Waals surface area contributed by atoms with E-state index >= 15 is 0 Å². The van der Waals surface area contributed by atoms with Crippen molar-refractivity contribution in [1.82, 2.24) is 0 Å². The van der Waals surface area contributed by atoms with E-state index in [-0.39, 0.29) is 22.0 Å². The zero-order chi connectivity index (χ0) is 18.0. The molecule has 7 nitrogen and oxygen atoms in total. The van der Waals surface area contributed by atoms with Crippen LogP contribution in [-0.2, 0) is 20.0 Å². The predicted molar refractivity (Wildman–Crippen MR) is 93.4 cm³/mol. The number of aryl methyl sites for hydroxylation is 1. The van der Waals surface area contributed by atoms with Gasteiger partial charge in [-0.05, 0) is 37.3 Å². The lowest BCUT2D eigenvalue weighted by Gasteiger charge is -2.13. The van der Waals surface area contributed by atoms with Gasteiger partial charge in [0.05, 0.1) is 29.6 Å². The molecule has 0 fully saturated rings. The maximum absolute atomic E-state index is 12.4. The Bertz CT molecular complexity index is 936. The topological polar surface area (TPSA) is 102 Å². The maximum Gasteiger partial charge on any atom is 0.261 e. The predicted octanol–water partition coefficient (Wildman–Crippen LogP) is 2.18. The van der Waals surface area contributed by atoms with Crippen molar-refractivity contribution in [3.63, 3.8) is 0 Å². The monoisotopic (exact) mass is 370 g/mol. The molecule has 0 unspecified atom stereocenters. The van der Waals surface area contributed by atoms with Crippen LogP contribution in [0.25, 0.3) is 0 Å². The first kappa shape index (κ1) is 18.1. The molecule has 0 aliphatic heterocycles. The Hall–Kier alpha value is -2.26. The Balaban J connectivity index is 2.35. The lowest BCUT2D eigenvalue weighted by molar-refractivity contribution is 0.417. The molecular formula is C15H18N2O5S2. The van der Waals surface area contributed by atoms with Crippen LogP contribution >= 0.6 is 0 Å². The van der Waals surface area contributed by atoms with Crippen LogP contribution in [0, 0.1) is 6.92 Å². The molecule has 2 aromatic carbocycles. The largest absolute Gasteiger partial charge is 0.495 e. The van der Waals surface area contributed by atoms with Gasteiger partial charge in [-0.2, -0.15) is 0 Å². The van der Waals surface area contributed by atoms with Gasteiger partial charge in [0, 0.05) is 0 Å². The Morgan fingerprint density at radius 2 is 1.54 bits per heavy atom. The highest BCUT2D eigenvalue weighted by atomic mass is 32.2. The van der Waals surface area contributed by atoms with E-state index in [0.717, 1.165) is 11.8 Å². The third-order valence-electron chi connectivity index (χ3n) is 3.08. The normalized spacial score (nSPS) is 11.8. The molecule has 0 amide bonds. The summed E-state index contributed by atoms with van der Waals surface area (Å²) in [6.45, 7) is 1.86. The van der Waals surface area contributed by atoms with Crippen LogP contribution in [-0.4, -0.2) is 30.2 Å². The van der Waals surface area contributed by atoms with Crippen LogP contribution in [0.4, 0.5) is 11.4 Å². The summed E-state index contributed by atoms with van der Waals surface area (Å²) in [6, 6.07) is 10.7. The van der Waals surface area contributed by atoms with Gasteiger partial charge in [-0.1, -0.05) is 17.7 Å². The number of hydrogen-bond donors (Lipinski definition) is 2. The van der Waals surface area contributed by atoms with E-state index in [1.807, 2.05) is 6.92 Å². The summed E-state index contributed by atoms with van der Waals surface area (Å²) in [7, 11) is -5.92. The molecule has 0 spiro atoms. The average molecular weight is 370 g/mol. The van der Waals surface area contributed by atoms with Crippen molar-refractivity contribution in [2.24, 2.45) is 0 Å². The summed E-state index contributed by atoms with van der Waals surface area (Å²) >= 11 is 0. The number of rotatable bonds is 6. The van der Waals surface area contributed by atoms with Gasteiger partial charge in [-0.25, -0.2) is 16.8 Å². The maximum atomic E-state index is 12.4. The molecule has 2 aromatic rings. The van der Waals surface area contributed by atoms with Gasteiger partial charge in [-0.15, -0.1) is 0 Å². The van der Waals surface area contributed by atoms with Crippen molar-refractivity contribution < 1.29 is 21.6 Å². The fourth-order valence-electron chi connectivity index (χ4n) is 1.98. The minimum atomic E-state index is -3.78. The van der Waals surface area contributed by atoms with Crippen LogP contribution in [0.15, 0.2) is 47.4 Å². The van der Waals surface area contributed by atoms with E-state index < -0.39 is 20.0 Å². The molecule has 9 heteroatoms. The van der Waals surface area contributed by atoms with Gasteiger partial charge in [0.2, 0.25) is 10.0 Å². The van der Waals surface area contributed by atoms with E-state index in [1.165, 1.54) is 37.4 Å². The summed E-state index contributed by atoms with van der Waals surface area (Å²) in [5.41, 5.74) is 1.30. The standard InChI is InChI=1S/C15H18N2O5S2/c1-11-4-7-13(8-5-11)24(20,21)16-12-6-9-15(22-2)14(10-12)17-23(3,18)19/h4-10,16-17H,1-3H3. The number of benzene rings is 2. The van der Waals surface area contributed by atoms with Crippen molar-refractivity contribution in [2.75, 3.05) is 22.8 Å². The number of methoxy groups -OCH3 is 1. The number of sulfonamides is 2. The van der Waals surface area contributed by atoms with Gasteiger partial charge >= 0.3 is 0 Å². The second-order valence-corrected chi connectivity index (χ2v) is 8.64. The first-order valence-electron chi connectivity index (χ1n) is 6.86. The van der Waals surface area contributed by atoms with Crippen molar-refractivity contribution in [2.45, 2.75) is 11.8 Å². The van der Waals surface area contributed by atoms with Crippen molar-refractivity contribution >= 4 is 31.4 Å². The lowest BCUT2D eigenvalue weighted by Crippen LogP contribution is -2.14. The number of hydrogen-bond acceptors (Lipinski definition) is 5. The fraction of sp³-hybridized carbons (Fsp3) is 0.200. The second-order valence-electron chi connectivity index (χ2n) is 5.21. The first-order valence-corrected chi connectivity index (χ1v) is 10.2. The van der Waals surface area contributed by atoms with Crippen LogP contribution in [0.5, 0.6) is 5.75 Å². The molecule has 130 valence electrons. The quantitative estimate of drug-likeness (QED) is 0.811. The molecule has 0 atom stereocenters. The van der Waals surface area contributed by atoms with Gasteiger partial charge in [-0.3, -0.25) is 9.44 Å². The van der Waals surface area contributed by atoms with E-state index in [2.05, 4.69) is 9.44 Å². The minimum Gasteiger partial charge on any atom is -0.495 e. The average Bonchev–Trinajstić information content (AvgIpc) is 2.46. The van der Waals surface area contributed by atoms with Crippen LogP contribution < -0.4 is 14.2 Å². The van der Waals surface area contributed by atoms with E-state index in [0.29, 0.717) is 0 Å². The molecule has 0 heterocycles. The second kappa shape index (κ2) is 6.70. The van der Waals surface area contributed by atoms with Crippen LogP contribution in [0.1, 0.15) is 5.56 Å². The molecule has 0 bridgehead atoms. The summed E-state index contributed by atoms with van der Waals surface area (Å²) < 4.78 is 57.4. The molecule has 24 heavy (non-hydrogen) atoms. The Morgan fingerprint density at radius 3 is 2.08 bits per heavy atom. The molecule has 0 aliphatic carbocycles. The van der Waals surface area contributed by atoms with Gasteiger partial charge in [0.25, 0.3) is 10.0 Å². The third kappa shape index (κ3) is 4.62. The highest BCUT2D eigenvalue weighted by molar-refractivity contribution is 7.92. The van der Waals surface area contributed by atoms with E-state index in [1.54, 1.807) is 12.1 Å². The van der Waals surface area contributed by atoms with Crippen molar-refractivity contribution in [3.05, 3.63) is 48.0 Å². The number of nitrogens with one attached hydrogen (secondary N) is 2. The number of ether oxygens (including phenoxy) is 1. The molecule has 0 saturated heterocycles. The fourth-order valence-corrected chi connectivity index (χ4v) is 3.59. The highest BCUT2D eigenvalue weighted by Gasteiger charge is 2.16. The molecule has 0 saturated carbocycles. The Kier molecular flexibility index (Phi) is 5.05. The Morgan fingerprint density at radius 1 is 0.917 bits per heavy atom. The zero-order valence-electron chi connectivity index (χ0n) is 13.4. The minimum absolute atomic E-state index is 0.113. The third-order valence-corrected chi connectivity index (χ3v) is 5.07. The van der Waals surface area contributed by atoms with Crippen LogP contribution in [0.3, 0.4) is 0 Å². The van der Waals surface area contributed by atoms with Gasteiger partial charge < -0.3 is 4.74 Å². The first-order chi connectivity index (χ1) is 11.1. The highest BCUT2D eigenvalue weighted by Crippen LogP contribution is 2.29. The van der Waals surface area contributed by atoms with Crippen molar-refractivity contribution in [3.8, 4) is 5.75 Å². The molecule has 0 radical (unpaired) electrons. The smallest absolute Gasteiger partial charge is 0.261 e. The Labute approximate surface area is 141 Å². The molecule has 2 N–H and O–H groups in total. The lowest BCUT2D eigenvalue weighted by atomic mass is 10.2. The summed E-state index contributed by atoms with van der Waals surface area (Å²) in [4.78, 5) is 0.113. The van der Waals surface area contributed by atoms with Gasteiger partial charge in [0.1, 0.15) is 5.75 Å². The zero-order valence-corrected chi connectivity index (χ0v) is 15.0. The molecule has 0 aliphatic rings. The summed E-state index contributed by atoms with van der Waals surface area (Å²) in [5, 5.41) is 0. The summed E-state index contributed by atoms with van der Waals surface area (Å²) in [6.07, 6.45) is 0.996.